The van der Waals surface area contributed by atoms with Gasteiger partial charge in [-0.15, -0.1) is 35.9 Å². The molecule has 0 atom stereocenters. The Morgan fingerprint density at radius 3 is 2.48 bits per heavy atom. The van der Waals surface area contributed by atoms with Gasteiger partial charge in [0.15, 0.2) is 0 Å². The van der Waals surface area contributed by atoms with E-state index in [4.69, 9.17) is 5.73 Å². The highest BCUT2D eigenvalue weighted by atomic mass is 35.5. The molecule has 1 aliphatic heterocycles. The molecule has 0 spiro atoms. The molecule has 0 aromatic heterocycles. The van der Waals surface area contributed by atoms with Crippen LogP contribution >= 0.6 is 35.9 Å². The van der Waals surface area contributed by atoms with E-state index in [9.17, 15) is 4.79 Å². The lowest BCUT2D eigenvalue weighted by Gasteiger charge is -2.21. The Kier molecular flexibility index (Phi) is 9.24. The van der Waals surface area contributed by atoms with Gasteiger partial charge in [-0.25, -0.2) is 0 Å². The summed E-state index contributed by atoms with van der Waals surface area (Å²) in [6.45, 7) is 1.38. The molecule has 1 amide bonds. The number of benzene rings is 1. The molecule has 3 N–H and O–H groups in total. The van der Waals surface area contributed by atoms with E-state index in [2.05, 4.69) is 17.4 Å². The summed E-state index contributed by atoms with van der Waals surface area (Å²) in [5.41, 5.74) is 7.49. The normalized spacial score (nSPS) is 15.3. The van der Waals surface area contributed by atoms with Gasteiger partial charge in [-0.05, 0) is 55.0 Å². The number of hydrogen-bond acceptors (Lipinski definition) is 4. The Labute approximate surface area is 141 Å². The van der Waals surface area contributed by atoms with Crippen LogP contribution in [0, 0.1) is 0 Å². The van der Waals surface area contributed by atoms with E-state index in [0.29, 0.717) is 17.7 Å². The van der Waals surface area contributed by atoms with E-state index in [1.807, 2.05) is 35.7 Å². The second kappa shape index (κ2) is 10.4. The quantitative estimate of drug-likeness (QED) is 0.775. The summed E-state index contributed by atoms with van der Waals surface area (Å²) >= 11 is 4.00. The van der Waals surface area contributed by atoms with Gasteiger partial charge in [-0.1, -0.05) is 12.1 Å². The van der Waals surface area contributed by atoms with Crippen molar-refractivity contribution in [2.24, 2.45) is 5.73 Å². The third kappa shape index (κ3) is 6.10. The first-order chi connectivity index (χ1) is 9.81. The molecule has 21 heavy (non-hydrogen) atoms. The van der Waals surface area contributed by atoms with Crippen LogP contribution in [0.2, 0.25) is 0 Å². The van der Waals surface area contributed by atoms with Crippen molar-refractivity contribution in [1.29, 1.82) is 0 Å². The Hall–Kier alpha value is -0.360. The van der Waals surface area contributed by atoms with Gasteiger partial charge in [0, 0.05) is 12.1 Å². The van der Waals surface area contributed by atoms with Crippen molar-refractivity contribution < 1.29 is 4.79 Å². The van der Waals surface area contributed by atoms with Crippen LogP contribution in [0.5, 0.6) is 0 Å². The molecular weight excluding hydrogens is 324 g/mol. The lowest BCUT2D eigenvalue weighted by molar-refractivity contribution is 0.0953. The molecular formula is C15H23ClN2OS2. The van der Waals surface area contributed by atoms with Gasteiger partial charge in [0.25, 0.3) is 5.91 Å². The van der Waals surface area contributed by atoms with Crippen LogP contribution in [0.25, 0.3) is 0 Å². The van der Waals surface area contributed by atoms with E-state index in [1.165, 1.54) is 23.5 Å². The summed E-state index contributed by atoms with van der Waals surface area (Å²) in [6.07, 6.45) is 3.19. The number of amides is 1. The third-order valence-electron chi connectivity index (χ3n) is 3.19. The number of nitrogens with one attached hydrogen (secondary N) is 1. The number of rotatable bonds is 6. The molecule has 118 valence electrons. The van der Waals surface area contributed by atoms with Gasteiger partial charge >= 0.3 is 0 Å². The van der Waals surface area contributed by atoms with Crippen LogP contribution in [0.3, 0.4) is 0 Å². The van der Waals surface area contributed by atoms with Crippen LogP contribution in [0.4, 0.5) is 0 Å². The summed E-state index contributed by atoms with van der Waals surface area (Å²) in [5, 5.41) is 2.93. The first-order valence-electron chi connectivity index (χ1n) is 7.12. The Balaban J connectivity index is 0.00000220. The number of halogens is 1. The Morgan fingerprint density at radius 2 is 1.86 bits per heavy atom. The highest BCUT2D eigenvalue weighted by Crippen LogP contribution is 2.43. The standard InChI is InChI=1S/C15H22N2OS2.ClH/c16-8-1-2-9-17-14(18)12-4-6-13(7-5-12)15-19-10-3-11-20-15;/h4-7,15H,1-3,8-11,16H2,(H,17,18);1H. The molecule has 0 bridgehead atoms. The smallest absolute Gasteiger partial charge is 0.251 e. The molecule has 0 radical (unpaired) electrons. The van der Waals surface area contributed by atoms with Crippen LogP contribution in [-0.4, -0.2) is 30.5 Å². The predicted octanol–water partition coefficient (Wildman–Crippen LogP) is 3.45. The predicted molar refractivity (Wildman–Crippen MR) is 96.6 cm³/mol. The largest absolute Gasteiger partial charge is 0.352 e. The van der Waals surface area contributed by atoms with Gasteiger partial charge in [0.1, 0.15) is 0 Å². The van der Waals surface area contributed by atoms with E-state index in [-0.39, 0.29) is 18.3 Å². The third-order valence-corrected chi connectivity index (χ3v) is 6.20. The zero-order valence-corrected chi connectivity index (χ0v) is 14.5. The number of hydrogen-bond donors (Lipinski definition) is 2. The van der Waals surface area contributed by atoms with E-state index >= 15 is 0 Å². The summed E-state index contributed by atoms with van der Waals surface area (Å²) in [4.78, 5) is 11.9. The second-order valence-electron chi connectivity index (χ2n) is 4.80. The van der Waals surface area contributed by atoms with Crippen molar-refractivity contribution in [2.75, 3.05) is 24.6 Å². The molecule has 0 aliphatic carbocycles. The lowest BCUT2D eigenvalue weighted by Crippen LogP contribution is -2.24. The molecule has 1 aromatic rings. The monoisotopic (exact) mass is 346 g/mol. The number of carbonyl (C=O) groups is 1. The Morgan fingerprint density at radius 1 is 1.19 bits per heavy atom. The van der Waals surface area contributed by atoms with Gasteiger partial charge < -0.3 is 11.1 Å². The fraction of sp³-hybridized carbons (Fsp3) is 0.533. The lowest BCUT2D eigenvalue weighted by atomic mass is 10.1. The van der Waals surface area contributed by atoms with Crippen LogP contribution in [0.1, 0.15) is 39.8 Å². The van der Waals surface area contributed by atoms with Gasteiger partial charge in [0.2, 0.25) is 0 Å². The molecule has 1 fully saturated rings. The molecule has 1 heterocycles. The zero-order valence-electron chi connectivity index (χ0n) is 12.0. The topological polar surface area (TPSA) is 55.1 Å². The molecule has 1 saturated heterocycles. The van der Waals surface area contributed by atoms with Crippen molar-refractivity contribution in [2.45, 2.75) is 23.8 Å². The first kappa shape index (κ1) is 18.7. The summed E-state index contributed by atoms with van der Waals surface area (Å²) < 4.78 is 0.533. The van der Waals surface area contributed by atoms with Crippen molar-refractivity contribution in [3.63, 3.8) is 0 Å². The molecule has 2 rings (SSSR count). The highest BCUT2D eigenvalue weighted by molar-refractivity contribution is 8.16. The minimum Gasteiger partial charge on any atom is -0.352 e. The fourth-order valence-electron chi connectivity index (χ4n) is 2.05. The first-order valence-corrected chi connectivity index (χ1v) is 9.22. The van der Waals surface area contributed by atoms with E-state index < -0.39 is 0 Å². The van der Waals surface area contributed by atoms with Crippen molar-refractivity contribution in [1.82, 2.24) is 5.32 Å². The highest BCUT2D eigenvalue weighted by Gasteiger charge is 2.16. The number of nitrogens with two attached hydrogens (primary N) is 1. The second-order valence-corrected chi connectivity index (χ2v) is 7.53. The van der Waals surface area contributed by atoms with Gasteiger partial charge in [-0.3, -0.25) is 4.79 Å². The Bertz CT molecular complexity index is 422. The number of carbonyl (C=O) groups excluding carboxylic acids is 1. The van der Waals surface area contributed by atoms with Crippen LogP contribution in [-0.2, 0) is 0 Å². The average Bonchev–Trinajstić information content (AvgIpc) is 2.52. The summed E-state index contributed by atoms with van der Waals surface area (Å²) in [6, 6.07) is 8.04. The molecule has 1 aliphatic rings. The SMILES string of the molecule is Cl.NCCCCNC(=O)c1ccc(C2SCCCS2)cc1. The maximum absolute atomic E-state index is 11.9. The van der Waals surface area contributed by atoms with Crippen molar-refractivity contribution in [3.05, 3.63) is 35.4 Å². The summed E-state index contributed by atoms with van der Waals surface area (Å²) in [5.74, 6) is 2.49. The minimum atomic E-state index is 0. The fourth-order valence-corrected chi connectivity index (χ4v) is 4.94. The summed E-state index contributed by atoms with van der Waals surface area (Å²) in [7, 11) is 0. The van der Waals surface area contributed by atoms with Gasteiger partial charge in [0.05, 0.1) is 4.58 Å². The van der Waals surface area contributed by atoms with Gasteiger partial charge in [-0.2, -0.15) is 0 Å². The van der Waals surface area contributed by atoms with Crippen molar-refractivity contribution in [3.8, 4) is 0 Å². The molecule has 1 aromatic carbocycles. The molecule has 3 nitrogen and oxygen atoms in total. The maximum Gasteiger partial charge on any atom is 0.251 e. The zero-order chi connectivity index (χ0) is 14.2. The van der Waals surface area contributed by atoms with Crippen molar-refractivity contribution >= 4 is 41.8 Å². The molecule has 0 unspecified atom stereocenters. The van der Waals surface area contributed by atoms with E-state index in [1.54, 1.807) is 0 Å². The number of unbranched alkanes of at least 4 members (excludes halogenated alkanes) is 1. The van der Waals surface area contributed by atoms with Crippen LogP contribution < -0.4 is 11.1 Å². The van der Waals surface area contributed by atoms with Crippen LogP contribution in [0.15, 0.2) is 24.3 Å². The average molecular weight is 347 g/mol. The molecule has 6 heteroatoms. The van der Waals surface area contributed by atoms with E-state index in [0.717, 1.165) is 18.4 Å². The molecule has 0 saturated carbocycles. The number of thioether (sulfide) groups is 2. The maximum atomic E-state index is 11.9. The minimum absolute atomic E-state index is 0.